The SMILES string of the molecule is O=C(CCN1CCSC1=O)OCc1nc(-c2ccsc2)no1. The van der Waals surface area contributed by atoms with Gasteiger partial charge in [0.2, 0.25) is 5.82 Å². The Balaban J connectivity index is 1.44. The van der Waals surface area contributed by atoms with E-state index < -0.39 is 0 Å². The Kier molecular flexibility index (Phi) is 4.74. The second-order valence-corrected chi connectivity index (χ2v) is 6.36. The average Bonchev–Trinajstić information content (AvgIpc) is 3.24. The fraction of sp³-hybridized carbons (Fsp3) is 0.385. The summed E-state index contributed by atoms with van der Waals surface area (Å²) in [5.41, 5.74) is 0.872. The van der Waals surface area contributed by atoms with Crippen molar-refractivity contribution in [2.75, 3.05) is 18.8 Å². The molecular formula is C13H13N3O4S2. The van der Waals surface area contributed by atoms with Crippen LogP contribution in [0.1, 0.15) is 12.3 Å². The number of thiophene rings is 1. The van der Waals surface area contributed by atoms with Crippen molar-refractivity contribution >= 4 is 34.3 Å². The number of carbonyl (C=O) groups excluding carboxylic acids is 2. The summed E-state index contributed by atoms with van der Waals surface area (Å²) in [5, 5.41) is 7.68. The Hall–Kier alpha value is -1.87. The fourth-order valence-electron chi connectivity index (χ4n) is 1.89. The summed E-state index contributed by atoms with van der Waals surface area (Å²) in [6, 6.07) is 1.89. The first kappa shape index (κ1) is 15.0. The van der Waals surface area contributed by atoms with E-state index in [2.05, 4.69) is 10.1 Å². The van der Waals surface area contributed by atoms with Crippen LogP contribution in [0.15, 0.2) is 21.3 Å². The average molecular weight is 339 g/mol. The summed E-state index contributed by atoms with van der Waals surface area (Å²) < 4.78 is 10.1. The van der Waals surface area contributed by atoms with E-state index in [1.165, 1.54) is 23.1 Å². The van der Waals surface area contributed by atoms with E-state index in [1.54, 1.807) is 4.90 Å². The molecule has 0 spiro atoms. The van der Waals surface area contributed by atoms with Crippen LogP contribution in [-0.4, -0.2) is 45.1 Å². The second kappa shape index (κ2) is 6.93. The van der Waals surface area contributed by atoms with Crippen molar-refractivity contribution in [1.29, 1.82) is 0 Å². The van der Waals surface area contributed by atoms with Crippen LogP contribution < -0.4 is 0 Å². The number of esters is 1. The van der Waals surface area contributed by atoms with E-state index in [1.807, 2.05) is 16.8 Å². The van der Waals surface area contributed by atoms with Crippen LogP contribution in [0.4, 0.5) is 4.79 Å². The van der Waals surface area contributed by atoms with Crippen LogP contribution in [0.3, 0.4) is 0 Å². The molecule has 0 aromatic carbocycles. The van der Waals surface area contributed by atoms with Gasteiger partial charge in [-0.3, -0.25) is 9.59 Å². The third-order valence-corrected chi connectivity index (χ3v) is 4.61. The maximum atomic E-state index is 11.7. The van der Waals surface area contributed by atoms with E-state index in [0.717, 1.165) is 11.3 Å². The van der Waals surface area contributed by atoms with Crippen molar-refractivity contribution in [2.24, 2.45) is 0 Å². The molecule has 0 aliphatic carbocycles. The number of thioether (sulfide) groups is 1. The van der Waals surface area contributed by atoms with Gasteiger partial charge >= 0.3 is 5.97 Å². The molecule has 1 aliphatic rings. The summed E-state index contributed by atoms with van der Waals surface area (Å²) in [4.78, 5) is 28.9. The number of aromatic nitrogens is 2. The molecule has 0 atom stereocenters. The predicted octanol–water partition coefficient (Wildman–Crippen LogP) is 2.40. The zero-order valence-corrected chi connectivity index (χ0v) is 13.2. The summed E-state index contributed by atoms with van der Waals surface area (Å²) in [6.07, 6.45) is 0.165. The topological polar surface area (TPSA) is 85.5 Å². The second-order valence-electron chi connectivity index (χ2n) is 4.54. The van der Waals surface area contributed by atoms with Crippen molar-refractivity contribution in [1.82, 2.24) is 15.0 Å². The van der Waals surface area contributed by atoms with Gasteiger partial charge < -0.3 is 14.2 Å². The molecule has 0 radical (unpaired) electrons. The maximum Gasteiger partial charge on any atom is 0.308 e. The third kappa shape index (κ3) is 3.66. The fourth-order valence-corrected chi connectivity index (χ4v) is 3.38. The molecule has 2 aromatic heterocycles. The number of hydrogen-bond acceptors (Lipinski definition) is 8. The number of rotatable bonds is 6. The third-order valence-electron chi connectivity index (χ3n) is 3.03. The normalized spacial score (nSPS) is 14.5. The van der Waals surface area contributed by atoms with Crippen molar-refractivity contribution in [3.8, 4) is 11.4 Å². The highest BCUT2D eigenvalue weighted by Gasteiger charge is 2.21. The van der Waals surface area contributed by atoms with Crippen LogP contribution in [0.5, 0.6) is 0 Å². The van der Waals surface area contributed by atoms with Crippen LogP contribution in [0.25, 0.3) is 11.4 Å². The molecule has 2 aromatic rings. The van der Waals surface area contributed by atoms with Gasteiger partial charge in [0, 0.05) is 29.8 Å². The van der Waals surface area contributed by atoms with Crippen molar-refractivity contribution in [3.63, 3.8) is 0 Å². The molecule has 1 amide bonds. The van der Waals surface area contributed by atoms with Gasteiger partial charge in [-0.25, -0.2) is 0 Å². The lowest BCUT2D eigenvalue weighted by molar-refractivity contribution is -0.145. The molecule has 1 saturated heterocycles. The highest BCUT2D eigenvalue weighted by Crippen LogP contribution is 2.19. The number of ether oxygens (including phenoxy) is 1. The monoisotopic (exact) mass is 339 g/mol. The van der Waals surface area contributed by atoms with Crippen molar-refractivity contribution < 1.29 is 18.8 Å². The zero-order chi connectivity index (χ0) is 15.4. The Bertz CT molecular complexity index is 656. The van der Waals surface area contributed by atoms with Crippen molar-refractivity contribution in [3.05, 3.63) is 22.7 Å². The Morgan fingerprint density at radius 1 is 1.50 bits per heavy atom. The zero-order valence-electron chi connectivity index (χ0n) is 11.6. The number of amides is 1. The van der Waals surface area contributed by atoms with Gasteiger partial charge in [0.05, 0.1) is 6.42 Å². The Morgan fingerprint density at radius 2 is 2.41 bits per heavy atom. The first-order valence-electron chi connectivity index (χ1n) is 6.65. The van der Waals surface area contributed by atoms with Gasteiger partial charge in [0.1, 0.15) is 0 Å². The smallest absolute Gasteiger partial charge is 0.308 e. The highest BCUT2D eigenvalue weighted by molar-refractivity contribution is 8.13. The number of carbonyl (C=O) groups is 2. The molecule has 3 rings (SSSR count). The van der Waals surface area contributed by atoms with Gasteiger partial charge in [0.25, 0.3) is 11.1 Å². The minimum Gasteiger partial charge on any atom is -0.456 e. The Labute approximate surface area is 134 Å². The van der Waals surface area contributed by atoms with E-state index >= 15 is 0 Å². The van der Waals surface area contributed by atoms with Gasteiger partial charge in [-0.05, 0) is 11.4 Å². The van der Waals surface area contributed by atoms with E-state index in [-0.39, 0.29) is 30.1 Å². The molecule has 1 fully saturated rings. The molecular weight excluding hydrogens is 326 g/mol. The molecule has 0 bridgehead atoms. The lowest BCUT2D eigenvalue weighted by Gasteiger charge is -2.13. The van der Waals surface area contributed by atoms with E-state index in [4.69, 9.17) is 9.26 Å². The molecule has 1 aliphatic heterocycles. The molecule has 0 saturated carbocycles. The minimum absolute atomic E-state index is 0.0186. The van der Waals surface area contributed by atoms with Crippen LogP contribution in [0, 0.1) is 0 Å². The van der Waals surface area contributed by atoms with Gasteiger partial charge in [-0.15, -0.1) is 0 Å². The molecule has 9 heteroatoms. The molecule has 22 heavy (non-hydrogen) atoms. The molecule has 3 heterocycles. The highest BCUT2D eigenvalue weighted by atomic mass is 32.2. The summed E-state index contributed by atoms with van der Waals surface area (Å²) in [7, 11) is 0. The van der Waals surface area contributed by atoms with Crippen LogP contribution >= 0.6 is 23.1 Å². The molecule has 0 unspecified atom stereocenters. The first-order chi connectivity index (χ1) is 10.7. The largest absolute Gasteiger partial charge is 0.456 e. The Morgan fingerprint density at radius 3 is 3.14 bits per heavy atom. The minimum atomic E-state index is -0.389. The summed E-state index contributed by atoms with van der Waals surface area (Å²) >= 11 is 2.81. The number of nitrogens with zero attached hydrogens (tertiary/aromatic N) is 3. The quantitative estimate of drug-likeness (QED) is 0.747. The summed E-state index contributed by atoms with van der Waals surface area (Å²) in [5.74, 6) is 1.12. The maximum absolute atomic E-state index is 11.7. The first-order valence-corrected chi connectivity index (χ1v) is 8.58. The van der Waals surface area contributed by atoms with Gasteiger partial charge in [0.15, 0.2) is 6.61 Å². The lowest BCUT2D eigenvalue weighted by Crippen LogP contribution is -2.26. The lowest BCUT2D eigenvalue weighted by atomic mass is 10.3. The van der Waals surface area contributed by atoms with E-state index in [0.29, 0.717) is 18.9 Å². The van der Waals surface area contributed by atoms with E-state index in [9.17, 15) is 9.59 Å². The van der Waals surface area contributed by atoms with Gasteiger partial charge in [-0.1, -0.05) is 16.9 Å². The molecule has 116 valence electrons. The summed E-state index contributed by atoms with van der Waals surface area (Å²) in [6.45, 7) is 1.01. The van der Waals surface area contributed by atoms with Gasteiger partial charge in [-0.2, -0.15) is 16.3 Å². The standard InChI is InChI=1S/C13H13N3O4S2/c17-11(1-3-16-4-6-22-13(16)18)19-7-10-14-12(15-20-10)9-2-5-21-8-9/h2,5,8H,1,3-4,6-7H2. The van der Waals surface area contributed by atoms with Crippen LogP contribution in [0.2, 0.25) is 0 Å². The number of hydrogen-bond donors (Lipinski definition) is 0. The predicted molar refractivity (Wildman–Crippen MR) is 81.5 cm³/mol. The van der Waals surface area contributed by atoms with Crippen LogP contribution in [-0.2, 0) is 16.1 Å². The molecule has 0 N–H and O–H groups in total. The molecule has 7 nitrogen and oxygen atoms in total. The van der Waals surface area contributed by atoms with Crippen molar-refractivity contribution in [2.45, 2.75) is 13.0 Å².